The standard InChI is InChI=1S/C10H7NO2.C6H8N2/c12-6-10(13)8-5-11-9-4-2-1-3-7(8)9;1-7-6-2-4-8-5-3-6/h1-6,11H;2-5H,1H3,(H,7,8). The molecule has 5 heteroatoms. The molecule has 106 valence electrons. The Morgan fingerprint density at radius 1 is 1.19 bits per heavy atom. The van der Waals surface area contributed by atoms with Crippen LogP contribution in [0.5, 0.6) is 0 Å². The van der Waals surface area contributed by atoms with Crippen molar-refractivity contribution in [1.82, 2.24) is 9.97 Å². The SMILES string of the molecule is CNc1ccncc1.O=CC(=O)c1c[nH]c2ccccc12. The van der Waals surface area contributed by atoms with Gasteiger partial charge in [-0.25, -0.2) is 0 Å². The number of nitrogens with one attached hydrogen (secondary N) is 2. The van der Waals surface area contributed by atoms with Crippen molar-refractivity contribution >= 4 is 28.7 Å². The molecular formula is C16H15N3O2. The number of aromatic amines is 1. The number of anilines is 1. The molecule has 0 saturated heterocycles. The number of carbonyl (C=O) groups is 2. The topological polar surface area (TPSA) is 74.8 Å². The van der Waals surface area contributed by atoms with Gasteiger partial charge in [-0.2, -0.15) is 0 Å². The number of fused-ring (bicyclic) bond motifs is 1. The maximum atomic E-state index is 11.1. The van der Waals surface area contributed by atoms with Crippen LogP contribution in [0.15, 0.2) is 55.0 Å². The molecule has 0 unspecified atom stereocenters. The van der Waals surface area contributed by atoms with Crippen molar-refractivity contribution in [2.45, 2.75) is 0 Å². The molecule has 2 heterocycles. The van der Waals surface area contributed by atoms with Crippen LogP contribution < -0.4 is 5.32 Å². The first kappa shape index (κ1) is 14.5. The van der Waals surface area contributed by atoms with E-state index >= 15 is 0 Å². The summed E-state index contributed by atoms with van der Waals surface area (Å²) in [5.74, 6) is -0.488. The Balaban J connectivity index is 0.000000173. The first-order valence-electron chi connectivity index (χ1n) is 6.39. The van der Waals surface area contributed by atoms with Gasteiger partial charge >= 0.3 is 0 Å². The van der Waals surface area contributed by atoms with E-state index < -0.39 is 5.78 Å². The fourth-order valence-corrected chi connectivity index (χ4v) is 1.86. The smallest absolute Gasteiger partial charge is 0.227 e. The lowest BCUT2D eigenvalue weighted by atomic mass is 10.1. The zero-order valence-electron chi connectivity index (χ0n) is 11.5. The molecule has 0 radical (unpaired) electrons. The van der Waals surface area contributed by atoms with E-state index in [1.807, 2.05) is 43.4 Å². The van der Waals surface area contributed by atoms with Crippen molar-refractivity contribution < 1.29 is 9.59 Å². The average molecular weight is 281 g/mol. The zero-order chi connectivity index (χ0) is 15.1. The second-order valence-electron chi connectivity index (χ2n) is 4.22. The van der Waals surface area contributed by atoms with Crippen molar-refractivity contribution in [1.29, 1.82) is 0 Å². The minimum absolute atomic E-state index is 0.329. The number of hydrogen-bond donors (Lipinski definition) is 2. The third-order valence-corrected chi connectivity index (χ3v) is 2.93. The summed E-state index contributed by atoms with van der Waals surface area (Å²) >= 11 is 0. The predicted octanol–water partition coefficient (Wildman–Crippen LogP) is 2.67. The Morgan fingerprint density at radius 2 is 1.90 bits per heavy atom. The summed E-state index contributed by atoms with van der Waals surface area (Å²) in [6.07, 6.45) is 5.40. The second-order valence-corrected chi connectivity index (χ2v) is 4.22. The summed E-state index contributed by atoms with van der Waals surface area (Å²) in [7, 11) is 1.88. The molecule has 0 fully saturated rings. The van der Waals surface area contributed by atoms with Crippen LogP contribution in [0.3, 0.4) is 0 Å². The number of rotatable bonds is 3. The van der Waals surface area contributed by atoms with Gasteiger partial charge in [0.15, 0.2) is 6.29 Å². The van der Waals surface area contributed by atoms with Crippen molar-refractivity contribution in [2.75, 3.05) is 12.4 Å². The molecule has 1 aromatic carbocycles. The lowest BCUT2D eigenvalue weighted by molar-refractivity contribution is -0.104. The number of aldehydes is 1. The number of ketones is 1. The van der Waals surface area contributed by atoms with Gasteiger partial charge in [0.1, 0.15) is 0 Å². The minimum Gasteiger partial charge on any atom is -0.388 e. The third kappa shape index (κ3) is 3.54. The van der Waals surface area contributed by atoms with Crippen LogP contribution in [0.25, 0.3) is 10.9 Å². The first-order valence-corrected chi connectivity index (χ1v) is 6.39. The Morgan fingerprint density at radius 3 is 2.52 bits per heavy atom. The van der Waals surface area contributed by atoms with Crippen LogP contribution in [-0.2, 0) is 4.79 Å². The van der Waals surface area contributed by atoms with Crippen molar-refractivity contribution in [3.63, 3.8) is 0 Å². The van der Waals surface area contributed by atoms with Crippen molar-refractivity contribution in [3.8, 4) is 0 Å². The van der Waals surface area contributed by atoms with Crippen LogP contribution in [0.2, 0.25) is 0 Å². The molecule has 3 aromatic rings. The van der Waals surface area contributed by atoms with Crippen LogP contribution in [0, 0.1) is 0 Å². The highest BCUT2D eigenvalue weighted by molar-refractivity contribution is 6.36. The van der Waals surface area contributed by atoms with E-state index in [9.17, 15) is 9.59 Å². The molecular weight excluding hydrogens is 266 g/mol. The van der Waals surface area contributed by atoms with Crippen LogP contribution in [0.1, 0.15) is 10.4 Å². The highest BCUT2D eigenvalue weighted by Crippen LogP contribution is 2.17. The summed E-state index contributed by atoms with van der Waals surface area (Å²) in [5.41, 5.74) is 2.40. The molecule has 0 atom stereocenters. The molecule has 0 bridgehead atoms. The van der Waals surface area contributed by atoms with Crippen LogP contribution in [-0.4, -0.2) is 29.1 Å². The summed E-state index contributed by atoms with van der Waals surface area (Å²) < 4.78 is 0. The molecule has 5 nitrogen and oxygen atoms in total. The van der Waals surface area contributed by atoms with Gasteiger partial charge in [-0.1, -0.05) is 18.2 Å². The first-order chi connectivity index (χ1) is 10.3. The van der Waals surface area contributed by atoms with Gasteiger partial charge in [-0.05, 0) is 18.2 Å². The number of para-hydroxylation sites is 1. The largest absolute Gasteiger partial charge is 0.388 e. The number of benzene rings is 1. The fraction of sp³-hybridized carbons (Fsp3) is 0.0625. The summed E-state index contributed by atoms with van der Waals surface area (Å²) in [4.78, 5) is 28.2. The van der Waals surface area contributed by atoms with E-state index in [-0.39, 0.29) is 0 Å². The van der Waals surface area contributed by atoms with Gasteiger partial charge in [0.2, 0.25) is 5.78 Å². The maximum Gasteiger partial charge on any atom is 0.227 e. The van der Waals surface area contributed by atoms with Gasteiger partial charge in [0.25, 0.3) is 0 Å². The number of Topliss-reactive ketones (excluding diaryl/α,β-unsaturated/α-hetero) is 1. The molecule has 2 aromatic heterocycles. The number of H-pyrrole nitrogens is 1. The van der Waals surface area contributed by atoms with Crippen molar-refractivity contribution in [2.24, 2.45) is 0 Å². The molecule has 0 spiro atoms. The third-order valence-electron chi connectivity index (χ3n) is 2.93. The molecule has 21 heavy (non-hydrogen) atoms. The summed E-state index contributed by atoms with van der Waals surface area (Å²) in [5, 5.41) is 3.78. The van der Waals surface area contributed by atoms with Gasteiger partial charge in [0.05, 0.1) is 5.56 Å². The zero-order valence-corrected chi connectivity index (χ0v) is 11.5. The number of nitrogens with zero attached hydrogens (tertiary/aromatic N) is 1. The Labute approximate surface area is 122 Å². The van der Waals surface area contributed by atoms with Crippen LogP contribution >= 0.6 is 0 Å². The normalized spacial score (nSPS) is 9.57. The second kappa shape index (κ2) is 7.00. The lowest BCUT2D eigenvalue weighted by Crippen LogP contribution is -1.97. The Bertz CT molecular complexity index is 735. The average Bonchev–Trinajstić information content (AvgIpc) is 2.99. The molecule has 3 rings (SSSR count). The highest BCUT2D eigenvalue weighted by atomic mass is 16.2. The highest BCUT2D eigenvalue weighted by Gasteiger charge is 2.09. The number of aromatic nitrogens is 2. The number of carbonyl (C=O) groups excluding carboxylic acids is 2. The molecule has 0 amide bonds. The quantitative estimate of drug-likeness (QED) is 0.440. The van der Waals surface area contributed by atoms with E-state index in [4.69, 9.17) is 0 Å². The molecule has 0 aliphatic heterocycles. The Hall–Kier alpha value is -2.95. The van der Waals surface area contributed by atoms with Crippen LogP contribution in [0.4, 0.5) is 5.69 Å². The van der Waals surface area contributed by atoms with Gasteiger partial charge in [-0.3, -0.25) is 14.6 Å². The summed E-state index contributed by atoms with van der Waals surface area (Å²) in [6, 6.07) is 11.2. The van der Waals surface area contributed by atoms with E-state index in [0.717, 1.165) is 16.6 Å². The van der Waals surface area contributed by atoms with Gasteiger partial charge < -0.3 is 10.3 Å². The van der Waals surface area contributed by atoms with Gasteiger partial charge in [-0.15, -0.1) is 0 Å². The summed E-state index contributed by atoms with van der Waals surface area (Å²) in [6.45, 7) is 0. The molecule has 2 N–H and O–H groups in total. The molecule has 0 aliphatic carbocycles. The predicted molar refractivity (Wildman–Crippen MR) is 82.5 cm³/mol. The maximum absolute atomic E-state index is 11.1. The molecule has 0 aliphatic rings. The van der Waals surface area contributed by atoms with E-state index in [0.29, 0.717) is 11.8 Å². The lowest BCUT2D eigenvalue weighted by Gasteiger charge is -1.93. The number of pyridine rings is 1. The van der Waals surface area contributed by atoms with E-state index in [1.54, 1.807) is 18.6 Å². The van der Waals surface area contributed by atoms with Crippen molar-refractivity contribution in [3.05, 3.63) is 60.6 Å². The fourth-order valence-electron chi connectivity index (χ4n) is 1.86. The number of hydrogen-bond acceptors (Lipinski definition) is 4. The van der Waals surface area contributed by atoms with Gasteiger partial charge in [0, 0.05) is 42.2 Å². The van der Waals surface area contributed by atoms with E-state index in [1.165, 1.54) is 0 Å². The monoisotopic (exact) mass is 281 g/mol. The molecule has 0 saturated carbocycles. The van der Waals surface area contributed by atoms with E-state index in [2.05, 4.69) is 15.3 Å². The Kier molecular flexibility index (Phi) is 4.82. The minimum atomic E-state index is -0.488.